The lowest BCUT2D eigenvalue weighted by atomic mass is 10.1. The summed E-state index contributed by atoms with van der Waals surface area (Å²) in [5.74, 6) is 4.90. The molecular formula is C10H16N2OS. The number of aryl methyl sites for hydroxylation is 2. The molecule has 0 radical (unpaired) electrons. The molecule has 3 nitrogen and oxygen atoms in total. The van der Waals surface area contributed by atoms with Crippen LogP contribution in [0.25, 0.3) is 0 Å². The van der Waals surface area contributed by atoms with Crippen LogP contribution >= 0.6 is 11.3 Å². The molecule has 1 amide bonds. The SMILES string of the molecule is Cc1ccsc1CCCCC(=O)NN. The number of nitrogens with two attached hydrogens (primary N) is 1. The maximum Gasteiger partial charge on any atom is 0.233 e. The van der Waals surface area contributed by atoms with Gasteiger partial charge >= 0.3 is 0 Å². The Hall–Kier alpha value is -0.870. The average molecular weight is 212 g/mol. The highest BCUT2D eigenvalue weighted by atomic mass is 32.1. The van der Waals surface area contributed by atoms with Gasteiger partial charge in [-0.2, -0.15) is 0 Å². The van der Waals surface area contributed by atoms with Crippen LogP contribution < -0.4 is 11.3 Å². The zero-order chi connectivity index (χ0) is 10.4. The van der Waals surface area contributed by atoms with Gasteiger partial charge < -0.3 is 0 Å². The molecule has 0 saturated heterocycles. The van der Waals surface area contributed by atoms with E-state index in [1.165, 1.54) is 10.4 Å². The molecule has 0 aliphatic heterocycles. The molecule has 1 heterocycles. The third-order valence-electron chi connectivity index (χ3n) is 2.19. The summed E-state index contributed by atoms with van der Waals surface area (Å²) in [6.07, 6.45) is 3.55. The molecule has 0 saturated carbocycles. The smallest absolute Gasteiger partial charge is 0.233 e. The van der Waals surface area contributed by atoms with Gasteiger partial charge in [-0.1, -0.05) is 0 Å². The number of hydrogen-bond acceptors (Lipinski definition) is 3. The number of hydrazine groups is 1. The van der Waals surface area contributed by atoms with E-state index in [0.29, 0.717) is 6.42 Å². The number of thiophene rings is 1. The Balaban J connectivity index is 2.16. The number of amides is 1. The monoisotopic (exact) mass is 212 g/mol. The second-order valence-corrected chi connectivity index (χ2v) is 4.30. The average Bonchev–Trinajstić information content (AvgIpc) is 2.58. The van der Waals surface area contributed by atoms with Crippen LogP contribution in [0.15, 0.2) is 11.4 Å². The van der Waals surface area contributed by atoms with E-state index >= 15 is 0 Å². The minimum Gasteiger partial charge on any atom is -0.294 e. The second-order valence-electron chi connectivity index (χ2n) is 3.30. The largest absolute Gasteiger partial charge is 0.294 e. The first-order valence-electron chi connectivity index (χ1n) is 4.76. The van der Waals surface area contributed by atoms with Crippen molar-refractivity contribution in [3.05, 3.63) is 21.9 Å². The Bertz CT molecular complexity index is 296. The molecule has 0 atom stereocenters. The molecule has 0 unspecified atom stereocenters. The first-order valence-corrected chi connectivity index (χ1v) is 5.64. The Labute approximate surface area is 88.3 Å². The van der Waals surface area contributed by atoms with Crippen LogP contribution in [-0.4, -0.2) is 5.91 Å². The van der Waals surface area contributed by atoms with Gasteiger partial charge in [-0.25, -0.2) is 5.84 Å². The number of unbranched alkanes of at least 4 members (excludes halogenated alkanes) is 1. The zero-order valence-corrected chi connectivity index (χ0v) is 9.19. The molecule has 0 bridgehead atoms. The van der Waals surface area contributed by atoms with Gasteiger partial charge in [-0.15, -0.1) is 11.3 Å². The summed E-state index contributed by atoms with van der Waals surface area (Å²) in [4.78, 5) is 12.2. The van der Waals surface area contributed by atoms with Crippen molar-refractivity contribution in [1.29, 1.82) is 0 Å². The van der Waals surface area contributed by atoms with Gasteiger partial charge in [-0.05, 0) is 43.2 Å². The lowest BCUT2D eigenvalue weighted by Crippen LogP contribution is -2.29. The van der Waals surface area contributed by atoms with E-state index in [9.17, 15) is 4.79 Å². The van der Waals surface area contributed by atoms with Gasteiger partial charge in [0.1, 0.15) is 0 Å². The third-order valence-corrected chi connectivity index (χ3v) is 3.27. The minimum atomic E-state index is -0.0760. The highest BCUT2D eigenvalue weighted by Crippen LogP contribution is 2.18. The van der Waals surface area contributed by atoms with Crippen LogP contribution in [0.3, 0.4) is 0 Å². The summed E-state index contributed by atoms with van der Waals surface area (Å²) in [6, 6.07) is 2.13. The summed E-state index contributed by atoms with van der Waals surface area (Å²) in [5.41, 5.74) is 3.49. The molecule has 14 heavy (non-hydrogen) atoms. The maximum absolute atomic E-state index is 10.8. The number of carbonyl (C=O) groups is 1. The predicted octanol–water partition coefficient (Wildman–Crippen LogP) is 1.76. The standard InChI is InChI=1S/C10H16N2OS/c1-8-6-7-14-9(8)4-2-3-5-10(13)12-11/h6-7H,2-5,11H2,1H3,(H,12,13). The number of hydrogen-bond donors (Lipinski definition) is 2. The molecule has 4 heteroatoms. The molecular weight excluding hydrogens is 196 g/mol. The van der Waals surface area contributed by atoms with Gasteiger partial charge in [0, 0.05) is 11.3 Å². The van der Waals surface area contributed by atoms with Crippen molar-refractivity contribution in [1.82, 2.24) is 5.43 Å². The van der Waals surface area contributed by atoms with Crippen LogP contribution in [0.4, 0.5) is 0 Å². The molecule has 0 fully saturated rings. The van der Waals surface area contributed by atoms with Crippen LogP contribution in [0.1, 0.15) is 29.7 Å². The first kappa shape index (κ1) is 11.2. The Morgan fingerprint density at radius 1 is 1.57 bits per heavy atom. The minimum absolute atomic E-state index is 0.0760. The van der Waals surface area contributed by atoms with Crippen LogP contribution in [0.2, 0.25) is 0 Å². The molecule has 1 rings (SSSR count). The van der Waals surface area contributed by atoms with Crippen LogP contribution in [-0.2, 0) is 11.2 Å². The van der Waals surface area contributed by atoms with E-state index in [1.54, 1.807) is 11.3 Å². The molecule has 3 N–H and O–H groups in total. The number of nitrogens with one attached hydrogen (secondary N) is 1. The first-order chi connectivity index (χ1) is 6.74. The Kier molecular flexibility index (Phi) is 4.62. The topological polar surface area (TPSA) is 55.1 Å². The Morgan fingerprint density at radius 3 is 2.93 bits per heavy atom. The molecule has 0 aliphatic carbocycles. The van der Waals surface area contributed by atoms with Gasteiger partial charge in [0.2, 0.25) is 5.91 Å². The molecule has 78 valence electrons. The normalized spacial score (nSPS) is 10.1. The zero-order valence-electron chi connectivity index (χ0n) is 8.38. The Morgan fingerprint density at radius 2 is 2.36 bits per heavy atom. The van der Waals surface area contributed by atoms with Gasteiger partial charge in [0.25, 0.3) is 0 Å². The van der Waals surface area contributed by atoms with Crippen molar-refractivity contribution in [2.75, 3.05) is 0 Å². The van der Waals surface area contributed by atoms with Crippen molar-refractivity contribution in [3.8, 4) is 0 Å². The summed E-state index contributed by atoms with van der Waals surface area (Å²) >= 11 is 1.79. The molecule has 0 aliphatic rings. The molecule has 1 aromatic heterocycles. The molecule has 0 aromatic carbocycles. The van der Waals surface area contributed by atoms with E-state index in [1.807, 2.05) is 0 Å². The second kappa shape index (κ2) is 5.78. The maximum atomic E-state index is 10.8. The lowest BCUT2D eigenvalue weighted by molar-refractivity contribution is -0.121. The van der Waals surface area contributed by atoms with Crippen LogP contribution in [0, 0.1) is 6.92 Å². The van der Waals surface area contributed by atoms with E-state index < -0.39 is 0 Å². The van der Waals surface area contributed by atoms with Crippen molar-refractivity contribution in [3.63, 3.8) is 0 Å². The van der Waals surface area contributed by atoms with E-state index in [0.717, 1.165) is 19.3 Å². The number of carbonyl (C=O) groups excluding carboxylic acids is 1. The highest BCUT2D eigenvalue weighted by Gasteiger charge is 2.01. The van der Waals surface area contributed by atoms with E-state index in [4.69, 9.17) is 5.84 Å². The van der Waals surface area contributed by atoms with Crippen LogP contribution in [0.5, 0.6) is 0 Å². The fraction of sp³-hybridized carbons (Fsp3) is 0.500. The van der Waals surface area contributed by atoms with Crippen molar-refractivity contribution in [2.24, 2.45) is 5.84 Å². The molecule has 0 spiro atoms. The van der Waals surface area contributed by atoms with E-state index in [-0.39, 0.29) is 5.91 Å². The predicted molar refractivity (Wildman–Crippen MR) is 58.9 cm³/mol. The fourth-order valence-corrected chi connectivity index (χ4v) is 2.26. The summed E-state index contributed by atoms with van der Waals surface area (Å²) in [5, 5.41) is 2.11. The summed E-state index contributed by atoms with van der Waals surface area (Å²) < 4.78 is 0. The van der Waals surface area contributed by atoms with Gasteiger partial charge in [-0.3, -0.25) is 10.2 Å². The van der Waals surface area contributed by atoms with Gasteiger partial charge in [0.15, 0.2) is 0 Å². The van der Waals surface area contributed by atoms with E-state index in [2.05, 4.69) is 23.8 Å². The highest BCUT2D eigenvalue weighted by molar-refractivity contribution is 7.10. The van der Waals surface area contributed by atoms with Gasteiger partial charge in [0.05, 0.1) is 0 Å². The number of rotatable bonds is 5. The van der Waals surface area contributed by atoms with Crippen molar-refractivity contribution < 1.29 is 4.79 Å². The summed E-state index contributed by atoms with van der Waals surface area (Å²) in [7, 11) is 0. The fourth-order valence-electron chi connectivity index (χ4n) is 1.30. The van der Waals surface area contributed by atoms with Crippen molar-refractivity contribution in [2.45, 2.75) is 32.6 Å². The third kappa shape index (κ3) is 3.47. The molecule has 1 aromatic rings. The van der Waals surface area contributed by atoms with Crippen molar-refractivity contribution >= 4 is 17.2 Å². The quantitative estimate of drug-likeness (QED) is 0.338. The summed E-state index contributed by atoms with van der Waals surface area (Å²) in [6.45, 7) is 2.12. The lowest BCUT2D eigenvalue weighted by Gasteiger charge is -2.00.